The Kier molecular flexibility index (Phi) is 6.64. The number of halogens is 1. The number of rotatable bonds is 7. The number of pyridine rings is 1. The van der Waals surface area contributed by atoms with Gasteiger partial charge in [-0.05, 0) is 19.4 Å². The molecule has 1 aromatic rings. The molecule has 1 rings (SSSR count). The fourth-order valence-corrected chi connectivity index (χ4v) is 2.09. The van der Waals surface area contributed by atoms with Gasteiger partial charge in [-0.2, -0.15) is 0 Å². The average molecular weight is 284 g/mol. The molecule has 106 valence electrons. The van der Waals surface area contributed by atoms with Crippen LogP contribution >= 0.6 is 11.6 Å². The number of hydrogen-bond donors (Lipinski definition) is 2. The molecule has 19 heavy (non-hydrogen) atoms. The van der Waals surface area contributed by atoms with Crippen LogP contribution in [0.2, 0.25) is 5.02 Å². The number of carbonyl (C=O) groups is 1. The van der Waals surface area contributed by atoms with Crippen molar-refractivity contribution in [1.82, 2.24) is 10.3 Å². The highest BCUT2D eigenvalue weighted by Crippen LogP contribution is 2.19. The van der Waals surface area contributed by atoms with Crippen LogP contribution in [0.15, 0.2) is 12.3 Å². The highest BCUT2D eigenvalue weighted by atomic mass is 35.5. The monoisotopic (exact) mass is 283 g/mol. The number of amides is 1. The Bertz CT molecular complexity index is 423. The van der Waals surface area contributed by atoms with Crippen molar-refractivity contribution in [3.05, 3.63) is 22.8 Å². The molecule has 0 saturated heterocycles. The summed E-state index contributed by atoms with van der Waals surface area (Å²) in [6, 6.07) is 1.80. The topological polar surface area (TPSA) is 54.0 Å². The molecule has 1 unspecified atom stereocenters. The normalized spacial score (nSPS) is 12.0. The second kappa shape index (κ2) is 8.00. The van der Waals surface area contributed by atoms with Gasteiger partial charge in [0.15, 0.2) is 0 Å². The summed E-state index contributed by atoms with van der Waals surface area (Å²) in [6.07, 6.45) is 6.05. The molecular formula is C14H22ClN3O. The van der Waals surface area contributed by atoms with Crippen molar-refractivity contribution in [2.45, 2.75) is 45.6 Å². The summed E-state index contributed by atoms with van der Waals surface area (Å²) in [6.45, 7) is 4.19. The van der Waals surface area contributed by atoms with Crippen LogP contribution in [-0.2, 0) is 0 Å². The van der Waals surface area contributed by atoms with Gasteiger partial charge < -0.3 is 10.6 Å². The van der Waals surface area contributed by atoms with E-state index < -0.39 is 0 Å². The zero-order valence-corrected chi connectivity index (χ0v) is 12.5. The second-order valence-corrected chi connectivity index (χ2v) is 5.08. The minimum absolute atomic E-state index is 0.124. The summed E-state index contributed by atoms with van der Waals surface area (Å²) < 4.78 is 0. The Labute approximate surface area is 120 Å². The Morgan fingerprint density at radius 2 is 2.21 bits per heavy atom. The molecule has 2 N–H and O–H groups in total. The van der Waals surface area contributed by atoms with Crippen molar-refractivity contribution in [2.24, 2.45) is 0 Å². The fourth-order valence-electron chi connectivity index (χ4n) is 1.83. The Morgan fingerprint density at radius 1 is 1.47 bits per heavy atom. The first kappa shape index (κ1) is 15.8. The van der Waals surface area contributed by atoms with Gasteiger partial charge in [-0.15, -0.1) is 0 Å². The third-order valence-corrected chi connectivity index (χ3v) is 3.25. The lowest BCUT2D eigenvalue weighted by Crippen LogP contribution is -2.32. The third-order valence-electron chi connectivity index (χ3n) is 2.96. The van der Waals surface area contributed by atoms with E-state index in [0.29, 0.717) is 16.4 Å². The minimum Gasteiger partial charge on any atom is -0.372 e. The second-order valence-electron chi connectivity index (χ2n) is 4.67. The third kappa shape index (κ3) is 5.07. The van der Waals surface area contributed by atoms with E-state index in [2.05, 4.69) is 22.5 Å². The lowest BCUT2D eigenvalue weighted by Gasteiger charge is -2.14. The zero-order chi connectivity index (χ0) is 14.3. The molecule has 0 aromatic carbocycles. The first-order valence-electron chi connectivity index (χ1n) is 6.72. The van der Waals surface area contributed by atoms with Crippen LogP contribution in [0.1, 0.15) is 49.9 Å². The van der Waals surface area contributed by atoms with Crippen molar-refractivity contribution in [3.63, 3.8) is 0 Å². The molecule has 1 aromatic heterocycles. The van der Waals surface area contributed by atoms with Crippen molar-refractivity contribution < 1.29 is 4.79 Å². The lowest BCUT2D eigenvalue weighted by molar-refractivity contribution is 0.0937. The van der Waals surface area contributed by atoms with E-state index in [1.165, 1.54) is 19.0 Å². The predicted octanol–water partition coefficient (Wildman–Crippen LogP) is 3.48. The SMILES string of the molecule is CCCCCC(C)NC(=O)c1cnc(NC)c(Cl)c1. The van der Waals surface area contributed by atoms with Gasteiger partial charge in [0.1, 0.15) is 5.82 Å². The Hall–Kier alpha value is -1.29. The van der Waals surface area contributed by atoms with Gasteiger partial charge in [0.05, 0.1) is 10.6 Å². The number of nitrogens with zero attached hydrogens (tertiary/aromatic N) is 1. The molecule has 0 aliphatic heterocycles. The first-order valence-corrected chi connectivity index (χ1v) is 7.10. The Balaban J connectivity index is 2.55. The van der Waals surface area contributed by atoms with Gasteiger partial charge in [-0.25, -0.2) is 4.98 Å². The molecule has 0 spiro atoms. The van der Waals surface area contributed by atoms with Gasteiger partial charge in [0, 0.05) is 19.3 Å². The van der Waals surface area contributed by atoms with E-state index in [4.69, 9.17) is 11.6 Å². The summed E-state index contributed by atoms with van der Waals surface area (Å²) in [5, 5.41) is 6.28. The molecule has 0 radical (unpaired) electrons. The molecule has 4 nitrogen and oxygen atoms in total. The number of carbonyl (C=O) groups excluding carboxylic acids is 1. The zero-order valence-electron chi connectivity index (χ0n) is 11.8. The maximum absolute atomic E-state index is 12.0. The summed E-state index contributed by atoms with van der Waals surface area (Å²) in [5.74, 6) is 0.454. The van der Waals surface area contributed by atoms with Crippen LogP contribution in [0.5, 0.6) is 0 Å². The highest BCUT2D eigenvalue weighted by molar-refractivity contribution is 6.33. The number of aromatic nitrogens is 1. The van der Waals surface area contributed by atoms with Gasteiger partial charge in [-0.3, -0.25) is 4.79 Å². The molecule has 5 heteroatoms. The summed E-state index contributed by atoms with van der Waals surface area (Å²) >= 11 is 6.01. The summed E-state index contributed by atoms with van der Waals surface area (Å²) in [5.41, 5.74) is 0.492. The number of nitrogens with one attached hydrogen (secondary N) is 2. The molecule has 1 atom stereocenters. The van der Waals surface area contributed by atoms with Crippen LogP contribution < -0.4 is 10.6 Å². The highest BCUT2D eigenvalue weighted by Gasteiger charge is 2.11. The molecule has 0 fully saturated rings. The van der Waals surface area contributed by atoms with Crippen molar-refractivity contribution in [1.29, 1.82) is 0 Å². The molecule has 0 aliphatic carbocycles. The standard InChI is InChI=1S/C14H22ClN3O/c1-4-5-6-7-10(2)18-14(19)11-8-12(15)13(16-3)17-9-11/h8-10H,4-7H2,1-3H3,(H,16,17)(H,18,19). The first-order chi connectivity index (χ1) is 9.08. The molecule has 1 amide bonds. The Morgan fingerprint density at radius 3 is 2.79 bits per heavy atom. The molecular weight excluding hydrogens is 262 g/mol. The summed E-state index contributed by atoms with van der Waals surface area (Å²) in [7, 11) is 1.74. The van der Waals surface area contributed by atoms with Crippen LogP contribution in [0, 0.1) is 0 Å². The van der Waals surface area contributed by atoms with E-state index >= 15 is 0 Å². The van der Waals surface area contributed by atoms with Crippen LogP contribution in [0.25, 0.3) is 0 Å². The maximum atomic E-state index is 12.0. The van der Waals surface area contributed by atoms with Crippen LogP contribution in [0.3, 0.4) is 0 Å². The minimum atomic E-state index is -0.124. The predicted molar refractivity (Wildman–Crippen MR) is 79.9 cm³/mol. The van der Waals surface area contributed by atoms with Crippen molar-refractivity contribution >= 4 is 23.3 Å². The molecule has 0 aliphatic rings. The van der Waals surface area contributed by atoms with Crippen molar-refractivity contribution in [2.75, 3.05) is 12.4 Å². The molecule has 1 heterocycles. The quantitative estimate of drug-likeness (QED) is 0.753. The van der Waals surface area contributed by atoms with Crippen molar-refractivity contribution in [3.8, 4) is 0 Å². The van der Waals surface area contributed by atoms with Crippen LogP contribution in [0.4, 0.5) is 5.82 Å². The van der Waals surface area contributed by atoms with E-state index in [1.54, 1.807) is 13.1 Å². The largest absolute Gasteiger partial charge is 0.372 e. The molecule has 0 saturated carbocycles. The molecule has 0 bridgehead atoms. The fraction of sp³-hybridized carbons (Fsp3) is 0.571. The lowest BCUT2D eigenvalue weighted by atomic mass is 10.1. The maximum Gasteiger partial charge on any atom is 0.253 e. The number of anilines is 1. The summed E-state index contributed by atoms with van der Waals surface area (Å²) in [4.78, 5) is 16.1. The van der Waals surface area contributed by atoms with Crippen LogP contribution in [-0.4, -0.2) is 24.0 Å². The average Bonchev–Trinajstić information content (AvgIpc) is 2.38. The van der Waals surface area contributed by atoms with Gasteiger partial charge in [0.25, 0.3) is 5.91 Å². The van der Waals surface area contributed by atoms with E-state index in [1.807, 2.05) is 6.92 Å². The van der Waals surface area contributed by atoms with Gasteiger partial charge in [-0.1, -0.05) is 37.8 Å². The smallest absolute Gasteiger partial charge is 0.253 e. The number of unbranched alkanes of at least 4 members (excludes halogenated alkanes) is 2. The van der Waals surface area contributed by atoms with E-state index in [9.17, 15) is 4.79 Å². The van der Waals surface area contributed by atoms with E-state index in [0.717, 1.165) is 12.8 Å². The van der Waals surface area contributed by atoms with Gasteiger partial charge in [0.2, 0.25) is 0 Å². The van der Waals surface area contributed by atoms with Gasteiger partial charge >= 0.3 is 0 Å². The van der Waals surface area contributed by atoms with E-state index in [-0.39, 0.29) is 11.9 Å². The number of hydrogen-bond acceptors (Lipinski definition) is 3.